The van der Waals surface area contributed by atoms with Gasteiger partial charge in [-0.15, -0.1) is 0 Å². The highest BCUT2D eigenvalue weighted by atomic mass is 31.2. The maximum Gasteiger partial charge on any atom is 0.472 e. The molecule has 0 aromatic rings. The lowest BCUT2D eigenvalue weighted by molar-refractivity contribution is -0.161. The third kappa shape index (κ3) is 40.4. The molecule has 0 aliphatic rings. The van der Waals surface area contributed by atoms with Gasteiger partial charge in [0.1, 0.15) is 12.7 Å². The van der Waals surface area contributed by atoms with E-state index in [1.165, 1.54) is 109 Å². The van der Waals surface area contributed by atoms with Gasteiger partial charge in [-0.1, -0.05) is 172 Å². The molecular formula is C45H83O10P. The van der Waals surface area contributed by atoms with Gasteiger partial charge in [-0.3, -0.25) is 18.6 Å². The lowest BCUT2D eigenvalue weighted by Crippen LogP contribution is -2.29. The number of carbonyl (C=O) groups excluding carboxylic acids is 2. The van der Waals surface area contributed by atoms with E-state index < -0.39 is 51.8 Å². The summed E-state index contributed by atoms with van der Waals surface area (Å²) in [5.41, 5.74) is 0. The van der Waals surface area contributed by atoms with Gasteiger partial charge >= 0.3 is 19.8 Å². The summed E-state index contributed by atoms with van der Waals surface area (Å²) < 4.78 is 32.7. The summed E-state index contributed by atoms with van der Waals surface area (Å²) in [4.78, 5) is 35.0. The van der Waals surface area contributed by atoms with Gasteiger partial charge in [0.15, 0.2) is 6.10 Å². The summed E-state index contributed by atoms with van der Waals surface area (Å²) in [6.07, 6.45) is 42.6. The number of hydrogen-bond acceptors (Lipinski definition) is 9. The quantitative estimate of drug-likeness (QED) is 0.0235. The SMILES string of the molecule is CCCCC/C=C\C/C=C\C/C=C\CCCCC(=O)O[C@H](COC(=O)CCCCCCCCCCCCCCCCCCCC)COP(=O)(O)OC[C@@H](O)CO. The standard InChI is InChI=1S/C45H83O10P/c1-3-5-7-9-11-13-15-17-19-20-21-23-24-26-28-30-32-34-36-44(48)52-40-43(41-54-56(50,51)53-39-42(47)38-46)55-45(49)37-35-33-31-29-27-25-22-18-16-14-12-10-8-6-4-2/h12,14,18,22,27,29,42-43,46-47H,3-11,13,15-17,19-21,23-26,28,30-41H2,1-2H3,(H,50,51)/b14-12-,22-18-,29-27-/t42-,43+/m0/s1. The molecular weight excluding hydrogens is 731 g/mol. The van der Waals surface area contributed by atoms with E-state index in [1.54, 1.807) is 0 Å². The molecule has 0 aliphatic heterocycles. The molecule has 0 fully saturated rings. The summed E-state index contributed by atoms with van der Waals surface area (Å²) >= 11 is 0. The van der Waals surface area contributed by atoms with Crippen molar-refractivity contribution < 1.29 is 47.8 Å². The molecule has 10 nitrogen and oxygen atoms in total. The van der Waals surface area contributed by atoms with Crippen molar-refractivity contribution in [2.24, 2.45) is 0 Å². The largest absolute Gasteiger partial charge is 0.472 e. The van der Waals surface area contributed by atoms with Crippen LogP contribution in [0.4, 0.5) is 0 Å². The fourth-order valence-corrected chi connectivity index (χ4v) is 6.85. The van der Waals surface area contributed by atoms with E-state index in [2.05, 4.69) is 54.8 Å². The summed E-state index contributed by atoms with van der Waals surface area (Å²) in [6, 6.07) is 0. The number of rotatable bonds is 42. The number of phosphoric acid groups is 1. The second kappa shape index (κ2) is 41.4. The molecule has 328 valence electrons. The van der Waals surface area contributed by atoms with Crippen LogP contribution in [-0.4, -0.2) is 65.7 Å². The van der Waals surface area contributed by atoms with Crippen LogP contribution in [0, 0.1) is 0 Å². The third-order valence-electron chi connectivity index (χ3n) is 9.55. The lowest BCUT2D eigenvalue weighted by Gasteiger charge is -2.20. The molecule has 0 aromatic heterocycles. The molecule has 3 atom stereocenters. The molecule has 3 N–H and O–H groups in total. The maximum absolute atomic E-state index is 12.6. The average molecular weight is 815 g/mol. The number of aliphatic hydroxyl groups is 2. The number of aliphatic hydroxyl groups excluding tert-OH is 2. The zero-order valence-corrected chi connectivity index (χ0v) is 36.5. The van der Waals surface area contributed by atoms with Crippen LogP contribution in [0.1, 0.15) is 200 Å². The third-order valence-corrected chi connectivity index (χ3v) is 10.5. The predicted octanol–water partition coefficient (Wildman–Crippen LogP) is 11.9. The van der Waals surface area contributed by atoms with Crippen molar-refractivity contribution in [2.75, 3.05) is 26.4 Å². The topological polar surface area (TPSA) is 149 Å². The van der Waals surface area contributed by atoms with E-state index in [-0.39, 0.29) is 19.4 Å². The molecule has 0 aromatic carbocycles. The molecule has 0 heterocycles. The van der Waals surface area contributed by atoms with Crippen molar-refractivity contribution >= 4 is 19.8 Å². The minimum atomic E-state index is -4.63. The monoisotopic (exact) mass is 815 g/mol. The minimum absolute atomic E-state index is 0.137. The van der Waals surface area contributed by atoms with E-state index in [0.29, 0.717) is 12.8 Å². The van der Waals surface area contributed by atoms with Gasteiger partial charge in [0.2, 0.25) is 0 Å². The first kappa shape index (κ1) is 54.2. The Morgan fingerprint density at radius 3 is 1.43 bits per heavy atom. The van der Waals surface area contributed by atoms with Crippen LogP contribution in [0.5, 0.6) is 0 Å². The number of unbranched alkanes of at least 4 members (excludes halogenated alkanes) is 22. The van der Waals surface area contributed by atoms with Crippen LogP contribution in [0.3, 0.4) is 0 Å². The van der Waals surface area contributed by atoms with E-state index in [1.807, 2.05) is 0 Å². The summed E-state index contributed by atoms with van der Waals surface area (Å²) in [7, 11) is -4.63. The number of allylic oxidation sites excluding steroid dienone is 6. The number of phosphoric ester groups is 1. The van der Waals surface area contributed by atoms with Crippen molar-refractivity contribution in [1.29, 1.82) is 0 Å². The minimum Gasteiger partial charge on any atom is -0.462 e. The Hall–Kier alpha value is -1.81. The molecule has 0 saturated carbocycles. The van der Waals surface area contributed by atoms with Crippen LogP contribution in [0.2, 0.25) is 0 Å². The van der Waals surface area contributed by atoms with E-state index >= 15 is 0 Å². The van der Waals surface area contributed by atoms with Crippen molar-refractivity contribution in [2.45, 2.75) is 212 Å². The molecule has 0 radical (unpaired) electrons. The summed E-state index contributed by atoms with van der Waals surface area (Å²) in [5.74, 6) is -0.963. The Morgan fingerprint density at radius 2 is 0.929 bits per heavy atom. The Morgan fingerprint density at radius 1 is 0.536 bits per heavy atom. The van der Waals surface area contributed by atoms with E-state index in [0.717, 1.165) is 51.4 Å². The number of esters is 2. The first-order valence-electron chi connectivity index (χ1n) is 22.4. The second-order valence-electron chi connectivity index (χ2n) is 15.1. The molecule has 0 rings (SSSR count). The fourth-order valence-electron chi connectivity index (χ4n) is 6.06. The Labute approximate surface area is 341 Å². The van der Waals surface area contributed by atoms with Gasteiger partial charge in [0.05, 0.1) is 19.8 Å². The van der Waals surface area contributed by atoms with Crippen LogP contribution in [0.15, 0.2) is 36.5 Å². The van der Waals surface area contributed by atoms with Crippen LogP contribution >= 0.6 is 7.82 Å². The first-order chi connectivity index (χ1) is 27.2. The molecule has 1 unspecified atom stereocenters. The Kier molecular flexibility index (Phi) is 40.0. The van der Waals surface area contributed by atoms with Crippen LogP contribution in [-0.2, 0) is 32.7 Å². The molecule has 0 bridgehead atoms. The van der Waals surface area contributed by atoms with Crippen molar-refractivity contribution in [3.63, 3.8) is 0 Å². The zero-order chi connectivity index (χ0) is 41.2. The number of ether oxygens (including phenoxy) is 2. The van der Waals surface area contributed by atoms with Gasteiger partial charge in [0.25, 0.3) is 0 Å². The maximum atomic E-state index is 12.6. The lowest BCUT2D eigenvalue weighted by atomic mass is 10.0. The first-order valence-corrected chi connectivity index (χ1v) is 23.9. The van der Waals surface area contributed by atoms with E-state index in [4.69, 9.17) is 19.1 Å². The summed E-state index contributed by atoms with van der Waals surface area (Å²) in [5, 5.41) is 18.3. The smallest absolute Gasteiger partial charge is 0.462 e. The Bertz CT molecular complexity index is 1030. The normalized spacial score (nSPS) is 14.2. The van der Waals surface area contributed by atoms with Crippen molar-refractivity contribution in [3.05, 3.63) is 36.5 Å². The summed E-state index contributed by atoms with van der Waals surface area (Å²) in [6.45, 7) is 2.33. The molecule has 11 heteroatoms. The Balaban J connectivity index is 4.30. The fraction of sp³-hybridized carbons (Fsp3) is 0.822. The van der Waals surface area contributed by atoms with Gasteiger partial charge < -0.3 is 24.6 Å². The van der Waals surface area contributed by atoms with Gasteiger partial charge in [-0.25, -0.2) is 4.57 Å². The number of carbonyl (C=O) groups is 2. The van der Waals surface area contributed by atoms with E-state index in [9.17, 15) is 24.2 Å². The van der Waals surface area contributed by atoms with Gasteiger partial charge in [-0.05, 0) is 51.4 Å². The van der Waals surface area contributed by atoms with Crippen LogP contribution < -0.4 is 0 Å². The van der Waals surface area contributed by atoms with Crippen molar-refractivity contribution in [3.8, 4) is 0 Å². The molecule has 56 heavy (non-hydrogen) atoms. The number of hydrogen-bond donors (Lipinski definition) is 3. The molecule has 0 amide bonds. The highest BCUT2D eigenvalue weighted by molar-refractivity contribution is 7.47. The molecule has 0 saturated heterocycles. The second-order valence-corrected chi connectivity index (χ2v) is 16.5. The van der Waals surface area contributed by atoms with Gasteiger partial charge in [-0.2, -0.15) is 0 Å². The average Bonchev–Trinajstić information content (AvgIpc) is 3.19. The predicted molar refractivity (Wildman–Crippen MR) is 228 cm³/mol. The van der Waals surface area contributed by atoms with Crippen molar-refractivity contribution in [1.82, 2.24) is 0 Å². The van der Waals surface area contributed by atoms with Gasteiger partial charge in [0, 0.05) is 12.8 Å². The van der Waals surface area contributed by atoms with Crippen LogP contribution in [0.25, 0.3) is 0 Å². The zero-order valence-electron chi connectivity index (χ0n) is 35.6. The highest BCUT2D eigenvalue weighted by Crippen LogP contribution is 2.43. The molecule has 0 spiro atoms. The molecule has 0 aliphatic carbocycles. The highest BCUT2D eigenvalue weighted by Gasteiger charge is 2.27.